The molecule has 0 bridgehead atoms. The Morgan fingerprint density at radius 2 is 2.05 bits per heavy atom. The lowest BCUT2D eigenvalue weighted by Crippen LogP contribution is -2.31. The zero-order valence-electron chi connectivity index (χ0n) is 10.4. The Bertz CT molecular complexity index is 637. The lowest BCUT2D eigenvalue weighted by molar-refractivity contribution is 0.259. The van der Waals surface area contributed by atoms with Gasteiger partial charge in [0.1, 0.15) is 4.90 Å². The molecule has 0 aliphatic carbocycles. The lowest BCUT2D eigenvalue weighted by atomic mass is 10.1. The molecule has 1 aromatic heterocycles. The Kier molecular flexibility index (Phi) is 3.98. The number of sulfonamides is 1. The Morgan fingerprint density at radius 3 is 2.58 bits per heavy atom. The van der Waals surface area contributed by atoms with E-state index in [9.17, 15) is 13.5 Å². The van der Waals surface area contributed by atoms with E-state index < -0.39 is 16.1 Å². The third kappa shape index (κ3) is 3.01. The average molecular weight is 281 g/mol. The number of benzene rings is 1. The van der Waals surface area contributed by atoms with Crippen LogP contribution in [0.4, 0.5) is 0 Å². The average Bonchev–Trinajstić information content (AvgIpc) is 2.84. The largest absolute Gasteiger partial charge is 0.394 e. The van der Waals surface area contributed by atoms with Crippen LogP contribution >= 0.6 is 0 Å². The molecule has 0 radical (unpaired) electrons. The number of hydrogen-bond donors (Lipinski definition) is 3. The van der Waals surface area contributed by atoms with Crippen molar-refractivity contribution < 1.29 is 13.5 Å². The van der Waals surface area contributed by atoms with E-state index in [1.165, 1.54) is 6.20 Å². The van der Waals surface area contributed by atoms with Gasteiger partial charge >= 0.3 is 0 Å². The van der Waals surface area contributed by atoms with Crippen LogP contribution in [0.15, 0.2) is 41.4 Å². The second kappa shape index (κ2) is 5.52. The fourth-order valence-corrected chi connectivity index (χ4v) is 3.11. The van der Waals surface area contributed by atoms with E-state index in [0.29, 0.717) is 11.3 Å². The van der Waals surface area contributed by atoms with E-state index in [-0.39, 0.29) is 11.5 Å². The van der Waals surface area contributed by atoms with Crippen LogP contribution in [0.25, 0.3) is 0 Å². The smallest absolute Gasteiger partial charge is 0.244 e. The van der Waals surface area contributed by atoms with Crippen molar-refractivity contribution in [3.05, 3.63) is 47.8 Å². The van der Waals surface area contributed by atoms with Gasteiger partial charge in [-0.05, 0) is 12.5 Å². The van der Waals surface area contributed by atoms with Gasteiger partial charge in [0.05, 0.1) is 24.5 Å². The maximum Gasteiger partial charge on any atom is 0.244 e. The highest BCUT2D eigenvalue weighted by molar-refractivity contribution is 7.89. The van der Waals surface area contributed by atoms with Gasteiger partial charge in [-0.1, -0.05) is 30.3 Å². The molecule has 0 unspecified atom stereocenters. The van der Waals surface area contributed by atoms with Gasteiger partial charge in [0.15, 0.2) is 0 Å². The van der Waals surface area contributed by atoms with E-state index in [1.807, 2.05) is 6.07 Å². The fraction of sp³-hybridized carbons (Fsp3) is 0.250. The number of nitrogens with one attached hydrogen (secondary N) is 2. The van der Waals surface area contributed by atoms with Crippen LogP contribution in [0, 0.1) is 6.92 Å². The highest BCUT2D eigenvalue weighted by Crippen LogP contribution is 2.17. The number of rotatable bonds is 5. The molecule has 0 aliphatic rings. The Labute approximate surface area is 111 Å². The summed E-state index contributed by atoms with van der Waals surface area (Å²) in [5.41, 5.74) is 1.16. The first-order chi connectivity index (χ1) is 9.04. The van der Waals surface area contributed by atoms with E-state index in [0.717, 1.165) is 0 Å². The highest BCUT2D eigenvalue weighted by Gasteiger charge is 2.23. The zero-order valence-corrected chi connectivity index (χ0v) is 11.2. The Balaban J connectivity index is 2.27. The summed E-state index contributed by atoms with van der Waals surface area (Å²) < 4.78 is 26.8. The summed E-state index contributed by atoms with van der Waals surface area (Å²) in [5.74, 6) is 0. The van der Waals surface area contributed by atoms with Gasteiger partial charge in [0, 0.05) is 0 Å². The molecule has 0 saturated heterocycles. The SMILES string of the molecule is Cc1[nH]ncc1S(=O)(=O)N[C@@H](CO)c1ccccc1. The molecule has 0 aliphatic heterocycles. The maximum absolute atomic E-state index is 12.2. The summed E-state index contributed by atoms with van der Waals surface area (Å²) in [7, 11) is -3.71. The van der Waals surface area contributed by atoms with Crippen LogP contribution in [0.3, 0.4) is 0 Å². The molecule has 2 rings (SSSR count). The van der Waals surface area contributed by atoms with Crippen molar-refractivity contribution in [2.75, 3.05) is 6.61 Å². The monoisotopic (exact) mass is 281 g/mol. The number of aliphatic hydroxyl groups is 1. The van der Waals surface area contributed by atoms with Crippen LogP contribution < -0.4 is 4.72 Å². The first-order valence-corrected chi connectivity index (χ1v) is 7.21. The van der Waals surface area contributed by atoms with Crippen molar-refractivity contribution in [2.45, 2.75) is 17.9 Å². The predicted octanol–water partition coefficient (Wildman–Crippen LogP) is 0.730. The van der Waals surface area contributed by atoms with Crippen LogP contribution in [0.1, 0.15) is 17.3 Å². The van der Waals surface area contributed by atoms with Crippen molar-refractivity contribution >= 4 is 10.0 Å². The van der Waals surface area contributed by atoms with Gasteiger partial charge in [0.25, 0.3) is 0 Å². The molecule has 19 heavy (non-hydrogen) atoms. The molecule has 0 amide bonds. The minimum Gasteiger partial charge on any atom is -0.394 e. The first kappa shape index (κ1) is 13.7. The molecular weight excluding hydrogens is 266 g/mol. The van der Waals surface area contributed by atoms with Gasteiger partial charge < -0.3 is 5.11 Å². The molecule has 0 saturated carbocycles. The number of aromatic nitrogens is 2. The van der Waals surface area contributed by atoms with E-state index in [2.05, 4.69) is 14.9 Å². The molecule has 6 nitrogen and oxygen atoms in total. The van der Waals surface area contributed by atoms with Crippen molar-refractivity contribution in [2.24, 2.45) is 0 Å². The zero-order chi connectivity index (χ0) is 13.9. The van der Waals surface area contributed by atoms with Crippen LogP contribution in [0.5, 0.6) is 0 Å². The molecule has 3 N–H and O–H groups in total. The number of hydrogen-bond acceptors (Lipinski definition) is 4. The van der Waals surface area contributed by atoms with Gasteiger partial charge in [-0.15, -0.1) is 0 Å². The number of H-pyrrole nitrogens is 1. The van der Waals surface area contributed by atoms with E-state index in [4.69, 9.17) is 0 Å². The van der Waals surface area contributed by atoms with Crippen LogP contribution in [-0.2, 0) is 10.0 Å². The quantitative estimate of drug-likeness (QED) is 0.753. The van der Waals surface area contributed by atoms with Crippen molar-refractivity contribution in [3.8, 4) is 0 Å². The minimum absolute atomic E-state index is 0.0851. The lowest BCUT2D eigenvalue weighted by Gasteiger charge is -2.16. The topological polar surface area (TPSA) is 95.1 Å². The summed E-state index contributed by atoms with van der Waals surface area (Å²) in [6.45, 7) is 1.30. The second-order valence-corrected chi connectivity index (χ2v) is 5.81. The standard InChI is InChI=1S/C12H15N3O3S/c1-9-12(7-13-14-9)19(17,18)15-11(8-16)10-5-3-2-4-6-10/h2-7,11,15-16H,8H2,1H3,(H,13,14)/t11-/m0/s1. The molecule has 7 heteroatoms. The van der Waals surface area contributed by atoms with E-state index in [1.54, 1.807) is 31.2 Å². The molecule has 1 aromatic carbocycles. The summed E-state index contributed by atoms with van der Waals surface area (Å²) in [6.07, 6.45) is 1.25. The highest BCUT2D eigenvalue weighted by atomic mass is 32.2. The molecular formula is C12H15N3O3S. The number of aryl methyl sites for hydroxylation is 1. The van der Waals surface area contributed by atoms with Crippen molar-refractivity contribution in [1.82, 2.24) is 14.9 Å². The summed E-state index contributed by atoms with van der Waals surface area (Å²) in [5, 5.41) is 15.6. The van der Waals surface area contributed by atoms with E-state index >= 15 is 0 Å². The van der Waals surface area contributed by atoms with Crippen molar-refractivity contribution in [1.29, 1.82) is 0 Å². The third-order valence-corrected chi connectivity index (χ3v) is 4.34. The second-order valence-electron chi connectivity index (χ2n) is 4.13. The van der Waals surface area contributed by atoms with Crippen LogP contribution in [-0.4, -0.2) is 30.3 Å². The number of aliphatic hydroxyl groups excluding tert-OH is 1. The summed E-state index contributed by atoms with van der Waals surface area (Å²) in [4.78, 5) is 0.0851. The van der Waals surface area contributed by atoms with Gasteiger partial charge in [-0.25, -0.2) is 13.1 Å². The fourth-order valence-electron chi connectivity index (χ4n) is 1.76. The van der Waals surface area contributed by atoms with Gasteiger partial charge in [-0.2, -0.15) is 5.10 Å². The molecule has 0 spiro atoms. The molecule has 0 fully saturated rings. The van der Waals surface area contributed by atoms with Gasteiger partial charge in [0.2, 0.25) is 10.0 Å². The molecule has 2 aromatic rings. The maximum atomic E-state index is 12.2. The number of aromatic amines is 1. The minimum atomic E-state index is -3.71. The molecule has 1 atom stereocenters. The third-order valence-electron chi connectivity index (χ3n) is 2.76. The normalized spacial score (nSPS) is 13.4. The van der Waals surface area contributed by atoms with Gasteiger partial charge in [-0.3, -0.25) is 5.10 Å². The Hall–Kier alpha value is -1.70. The number of nitrogens with zero attached hydrogens (tertiary/aromatic N) is 1. The predicted molar refractivity (Wildman–Crippen MR) is 69.9 cm³/mol. The molecule has 1 heterocycles. The Morgan fingerprint density at radius 1 is 1.37 bits per heavy atom. The van der Waals surface area contributed by atoms with Crippen molar-refractivity contribution in [3.63, 3.8) is 0 Å². The summed E-state index contributed by atoms with van der Waals surface area (Å²) in [6, 6.07) is 8.23. The first-order valence-electron chi connectivity index (χ1n) is 5.72. The summed E-state index contributed by atoms with van der Waals surface area (Å²) >= 11 is 0. The van der Waals surface area contributed by atoms with Crippen LogP contribution in [0.2, 0.25) is 0 Å². The molecule has 102 valence electrons.